The lowest BCUT2D eigenvalue weighted by Crippen LogP contribution is -2.50. The van der Waals surface area contributed by atoms with Crippen molar-refractivity contribution in [2.24, 2.45) is 5.92 Å². The predicted octanol–water partition coefficient (Wildman–Crippen LogP) is 1.98. The second-order valence-electron chi connectivity index (χ2n) is 5.94. The van der Waals surface area contributed by atoms with Gasteiger partial charge in [-0.2, -0.15) is 5.26 Å². The first-order chi connectivity index (χ1) is 10.2. The van der Waals surface area contributed by atoms with Crippen LogP contribution < -0.4 is 10.6 Å². The number of nitrogens with zero attached hydrogens (tertiary/aromatic N) is 1. The first-order valence-corrected chi connectivity index (χ1v) is 8.44. The normalized spacial score (nSPS) is 28.1. The Morgan fingerprint density at radius 3 is 2.76 bits per heavy atom. The summed E-state index contributed by atoms with van der Waals surface area (Å²) < 4.78 is 1.17. The molecule has 1 saturated carbocycles. The Morgan fingerprint density at radius 1 is 1.43 bits per heavy atom. The molecule has 0 unspecified atom stereocenters. The van der Waals surface area contributed by atoms with Crippen molar-refractivity contribution in [1.29, 1.82) is 5.26 Å². The Kier molecular flexibility index (Phi) is 4.45. The summed E-state index contributed by atoms with van der Waals surface area (Å²) in [5, 5.41) is 15.5. The summed E-state index contributed by atoms with van der Waals surface area (Å²) in [6.45, 7) is 0. The van der Waals surface area contributed by atoms with Crippen LogP contribution in [0.1, 0.15) is 24.8 Å². The summed E-state index contributed by atoms with van der Waals surface area (Å²) in [7, 11) is 0. The summed E-state index contributed by atoms with van der Waals surface area (Å²) in [5.41, 5.74) is 1.07. The predicted molar refractivity (Wildman–Crippen MR) is 88.5 cm³/mol. The maximum absolute atomic E-state index is 12.3. The lowest BCUT2D eigenvalue weighted by molar-refractivity contribution is -0.124. The Morgan fingerprint density at radius 2 is 2.19 bits per heavy atom. The minimum absolute atomic E-state index is 0.0146. The van der Waals surface area contributed by atoms with Gasteiger partial charge in [0.15, 0.2) is 0 Å². The topological polar surface area (TPSA) is 64.9 Å². The number of hydrogen-bond donors (Lipinski definition) is 2. The van der Waals surface area contributed by atoms with Gasteiger partial charge in [-0.3, -0.25) is 4.79 Å². The molecule has 3 rings (SSSR count). The van der Waals surface area contributed by atoms with Crippen LogP contribution in [0.3, 0.4) is 0 Å². The van der Waals surface area contributed by atoms with Crippen LogP contribution in [0, 0.1) is 20.8 Å². The minimum atomic E-state index is -0.460. The van der Waals surface area contributed by atoms with Gasteiger partial charge in [-0.05, 0) is 65.5 Å². The highest BCUT2D eigenvalue weighted by molar-refractivity contribution is 14.1. The van der Waals surface area contributed by atoms with E-state index in [1.54, 1.807) is 0 Å². The second kappa shape index (κ2) is 6.32. The lowest BCUT2D eigenvalue weighted by atomic mass is 9.98. The molecule has 4 atom stereocenters. The van der Waals surface area contributed by atoms with Crippen molar-refractivity contribution in [3.8, 4) is 6.07 Å². The average molecular weight is 395 g/mol. The Labute approximate surface area is 138 Å². The van der Waals surface area contributed by atoms with E-state index in [4.69, 9.17) is 0 Å². The highest BCUT2D eigenvalue weighted by Crippen LogP contribution is 2.35. The molecule has 0 spiro atoms. The van der Waals surface area contributed by atoms with Gasteiger partial charge in [-0.15, -0.1) is 0 Å². The van der Waals surface area contributed by atoms with Crippen molar-refractivity contribution in [3.05, 3.63) is 33.4 Å². The largest absolute Gasteiger partial charge is 0.339 e. The quantitative estimate of drug-likeness (QED) is 0.767. The Hall–Kier alpha value is -1.13. The van der Waals surface area contributed by atoms with Gasteiger partial charge >= 0.3 is 0 Å². The van der Waals surface area contributed by atoms with Crippen LogP contribution in [0.4, 0.5) is 0 Å². The number of rotatable bonds is 4. The summed E-state index contributed by atoms with van der Waals surface area (Å²) in [6.07, 6.45) is 3.97. The van der Waals surface area contributed by atoms with E-state index >= 15 is 0 Å². The molecule has 1 heterocycles. The highest BCUT2D eigenvalue weighted by atomic mass is 127. The number of piperidine rings is 1. The van der Waals surface area contributed by atoms with E-state index < -0.39 is 6.04 Å². The van der Waals surface area contributed by atoms with Gasteiger partial charge in [0.25, 0.3) is 0 Å². The molecule has 2 aliphatic rings. The summed E-state index contributed by atoms with van der Waals surface area (Å²) >= 11 is 2.25. The number of halogens is 1. The molecule has 21 heavy (non-hydrogen) atoms. The van der Waals surface area contributed by atoms with Crippen LogP contribution >= 0.6 is 22.6 Å². The zero-order valence-corrected chi connectivity index (χ0v) is 13.8. The highest BCUT2D eigenvalue weighted by Gasteiger charge is 2.42. The first kappa shape index (κ1) is 14.8. The van der Waals surface area contributed by atoms with Gasteiger partial charge in [0.05, 0.1) is 12.1 Å². The molecule has 1 aromatic carbocycles. The Bertz CT molecular complexity index is 566. The number of benzene rings is 1. The number of carbonyl (C=O) groups excluding carboxylic acids is 1. The molecule has 0 radical (unpaired) electrons. The molecule has 1 saturated heterocycles. The average Bonchev–Trinajstić information content (AvgIpc) is 3.11. The van der Waals surface area contributed by atoms with Gasteiger partial charge in [0.1, 0.15) is 6.04 Å². The third-order valence-corrected chi connectivity index (χ3v) is 5.19. The number of hydrogen-bond acceptors (Lipinski definition) is 3. The molecule has 2 N–H and O–H groups in total. The zero-order chi connectivity index (χ0) is 14.8. The third-order valence-electron chi connectivity index (χ3n) is 4.47. The molecule has 1 amide bonds. The van der Waals surface area contributed by atoms with Crippen molar-refractivity contribution in [3.63, 3.8) is 0 Å². The zero-order valence-electron chi connectivity index (χ0n) is 11.7. The lowest BCUT2D eigenvalue weighted by Gasteiger charge is -2.23. The molecule has 1 aliphatic carbocycles. The fourth-order valence-electron chi connectivity index (χ4n) is 3.40. The fourth-order valence-corrected chi connectivity index (χ4v) is 3.76. The molecule has 110 valence electrons. The summed E-state index contributed by atoms with van der Waals surface area (Å²) in [5.74, 6) is 0.437. The molecule has 5 heteroatoms. The van der Waals surface area contributed by atoms with E-state index in [-0.39, 0.29) is 11.9 Å². The smallest absolute Gasteiger partial charge is 0.238 e. The van der Waals surface area contributed by atoms with Crippen LogP contribution in [0.5, 0.6) is 0 Å². The van der Waals surface area contributed by atoms with Gasteiger partial charge < -0.3 is 10.6 Å². The van der Waals surface area contributed by atoms with Gasteiger partial charge in [0, 0.05) is 16.0 Å². The van der Waals surface area contributed by atoms with E-state index in [1.807, 2.05) is 24.3 Å². The van der Waals surface area contributed by atoms with Crippen molar-refractivity contribution in [2.75, 3.05) is 0 Å². The summed E-state index contributed by atoms with van der Waals surface area (Å²) in [4.78, 5) is 12.3. The molecule has 0 aromatic heterocycles. The van der Waals surface area contributed by atoms with Crippen LogP contribution in [0.25, 0.3) is 0 Å². The van der Waals surface area contributed by atoms with Crippen LogP contribution in [0.2, 0.25) is 0 Å². The van der Waals surface area contributed by atoms with Crippen LogP contribution in [-0.4, -0.2) is 24.0 Å². The van der Waals surface area contributed by atoms with Crippen molar-refractivity contribution < 1.29 is 4.79 Å². The molecule has 4 nitrogen and oxygen atoms in total. The standard InChI is InChI=1S/C16H18IN3O/c17-12-4-1-10(2-5-12)7-14(9-18)20-16(21)15-11-3-6-13(8-11)19-15/h1-2,4-5,11,13-15,19H,3,6-8H2,(H,20,21)/t11-,13+,14-,15-/m0/s1. The summed E-state index contributed by atoms with van der Waals surface area (Å²) in [6, 6.07) is 10.2. The Balaban J connectivity index is 1.58. The monoisotopic (exact) mass is 395 g/mol. The van der Waals surface area contributed by atoms with Gasteiger partial charge in [-0.1, -0.05) is 12.1 Å². The minimum Gasteiger partial charge on any atom is -0.339 e. The molecular formula is C16H18IN3O. The number of fused-ring (bicyclic) bond motifs is 2. The molecule has 1 aromatic rings. The van der Waals surface area contributed by atoms with Gasteiger partial charge in [0.2, 0.25) is 5.91 Å². The van der Waals surface area contributed by atoms with E-state index in [0.717, 1.165) is 18.4 Å². The molecular weight excluding hydrogens is 377 g/mol. The maximum atomic E-state index is 12.3. The fraction of sp³-hybridized carbons (Fsp3) is 0.500. The van der Waals surface area contributed by atoms with Crippen molar-refractivity contribution >= 4 is 28.5 Å². The number of amides is 1. The number of carbonyl (C=O) groups is 1. The van der Waals surface area contributed by atoms with Gasteiger partial charge in [-0.25, -0.2) is 0 Å². The van der Waals surface area contributed by atoms with E-state index in [2.05, 4.69) is 39.3 Å². The van der Waals surface area contributed by atoms with Crippen molar-refractivity contribution in [2.45, 2.75) is 43.8 Å². The van der Waals surface area contributed by atoms with Crippen molar-refractivity contribution in [1.82, 2.24) is 10.6 Å². The van der Waals surface area contributed by atoms with E-state index in [9.17, 15) is 10.1 Å². The molecule has 2 bridgehead atoms. The third kappa shape index (κ3) is 3.38. The molecule has 1 aliphatic heterocycles. The number of nitrogens with one attached hydrogen (secondary N) is 2. The van der Waals surface area contributed by atoms with E-state index in [1.165, 1.54) is 9.99 Å². The number of nitriles is 1. The molecule has 2 fully saturated rings. The first-order valence-electron chi connectivity index (χ1n) is 7.36. The van der Waals surface area contributed by atoms with E-state index in [0.29, 0.717) is 18.4 Å². The van der Waals surface area contributed by atoms with Crippen LogP contribution in [0.15, 0.2) is 24.3 Å². The maximum Gasteiger partial charge on any atom is 0.238 e. The van der Waals surface area contributed by atoms with Crippen LogP contribution in [-0.2, 0) is 11.2 Å². The SMILES string of the molecule is N#C[C@H](Cc1ccc(I)cc1)NC(=O)[C@H]1N[C@@H]2CC[C@H]1C2. The second-order valence-corrected chi connectivity index (χ2v) is 7.18.